The minimum absolute atomic E-state index is 0.138. The number of aliphatic hydroxyl groups excluding tert-OH is 1. The van der Waals surface area contributed by atoms with Gasteiger partial charge in [0.1, 0.15) is 0 Å². The van der Waals surface area contributed by atoms with Crippen LogP contribution in [0.1, 0.15) is 47.5 Å². The van der Waals surface area contributed by atoms with E-state index in [9.17, 15) is 10.2 Å². The molecule has 14 heavy (non-hydrogen) atoms. The van der Waals surface area contributed by atoms with E-state index in [-0.39, 0.29) is 17.4 Å². The maximum atomic E-state index is 9.95. The van der Waals surface area contributed by atoms with Crippen LogP contribution >= 0.6 is 0 Å². The van der Waals surface area contributed by atoms with E-state index in [0.717, 1.165) is 6.42 Å². The molecule has 84 valence electrons. The second kappa shape index (κ2) is 3.49. The van der Waals surface area contributed by atoms with Crippen molar-refractivity contribution in [1.29, 1.82) is 0 Å². The normalized spacial score (nSPS) is 37.5. The molecule has 0 amide bonds. The number of hydrogen-bond donors (Lipinski definition) is 2. The van der Waals surface area contributed by atoms with Gasteiger partial charge in [0.15, 0.2) is 0 Å². The van der Waals surface area contributed by atoms with Crippen molar-refractivity contribution in [3.63, 3.8) is 0 Å². The molecule has 3 atom stereocenters. The molecular weight excluding hydrogens is 176 g/mol. The molecule has 0 radical (unpaired) electrons. The third kappa shape index (κ3) is 2.29. The Bertz CT molecular complexity index is 203. The van der Waals surface area contributed by atoms with E-state index >= 15 is 0 Å². The molecular formula is C12H24O2. The Morgan fingerprint density at radius 3 is 2.14 bits per heavy atom. The van der Waals surface area contributed by atoms with Gasteiger partial charge in [-0.2, -0.15) is 0 Å². The smallest absolute Gasteiger partial charge is 0.0595 e. The highest BCUT2D eigenvalue weighted by atomic mass is 16.3. The van der Waals surface area contributed by atoms with Gasteiger partial charge in [0, 0.05) is 0 Å². The van der Waals surface area contributed by atoms with Gasteiger partial charge in [-0.15, -0.1) is 0 Å². The van der Waals surface area contributed by atoms with Crippen molar-refractivity contribution >= 4 is 0 Å². The van der Waals surface area contributed by atoms with Crippen LogP contribution in [0.3, 0.4) is 0 Å². The summed E-state index contributed by atoms with van der Waals surface area (Å²) in [4.78, 5) is 0. The molecule has 1 rings (SSSR count). The number of rotatable bonds is 2. The average Bonchev–Trinajstić information content (AvgIpc) is 2.11. The Hall–Kier alpha value is -0.0800. The minimum Gasteiger partial charge on any atom is -0.393 e. The standard InChI is InChI=1S/C12H24O2/c1-8-6-10(13)9(12(8,4)5)7-11(2,3)14/h8-10,13-14H,6-7H2,1-5H3. The Kier molecular flexibility index (Phi) is 2.99. The molecule has 0 aromatic carbocycles. The molecule has 1 aliphatic carbocycles. The van der Waals surface area contributed by atoms with Crippen LogP contribution in [0.25, 0.3) is 0 Å². The molecule has 0 aromatic rings. The molecule has 1 aliphatic rings. The predicted molar refractivity (Wildman–Crippen MR) is 58.0 cm³/mol. The Labute approximate surface area is 87.3 Å². The van der Waals surface area contributed by atoms with E-state index in [4.69, 9.17) is 0 Å². The van der Waals surface area contributed by atoms with Crippen molar-refractivity contribution in [3.8, 4) is 0 Å². The van der Waals surface area contributed by atoms with E-state index in [1.807, 2.05) is 13.8 Å². The highest BCUT2D eigenvalue weighted by Crippen LogP contribution is 2.50. The molecule has 3 unspecified atom stereocenters. The van der Waals surface area contributed by atoms with E-state index in [2.05, 4.69) is 20.8 Å². The van der Waals surface area contributed by atoms with Crippen LogP contribution in [-0.4, -0.2) is 21.9 Å². The van der Waals surface area contributed by atoms with Crippen molar-refractivity contribution in [2.24, 2.45) is 17.3 Å². The topological polar surface area (TPSA) is 40.5 Å². The van der Waals surface area contributed by atoms with Gasteiger partial charge in [-0.1, -0.05) is 20.8 Å². The van der Waals surface area contributed by atoms with Gasteiger partial charge < -0.3 is 10.2 Å². The molecule has 2 nitrogen and oxygen atoms in total. The fraction of sp³-hybridized carbons (Fsp3) is 1.00. The first-order chi connectivity index (χ1) is 6.14. The summed E-state index contributed by atoms with van der Waals surface area (Å²) in [6.45, 7) is 10.2. The second-order valence-electron chi connectivity index (χ2n) is 6.15. The Balaban J connectivity index is 2.77. The largest absolute Gasteiger partial charge is 0.393 e. The zero-order valence-corrected chi connectivity index (χ0v) is 10.0. The summed E-state index contributed by atoms with van der Waals surface area (Å²) in [5.74, 6) is 0.752. The van der Waals surface area contributed by atoms with Crippen LogP contribution < -0.4 is 0 Å². The summed E-state index contributed by atoms with van der Waals surface area (Å²) in [6.07, 6.45) is 1.31. The summed E-state index contributed by atoms with van der Waals surface area (Å²) >= 11 is 0. The van der Waals surface area contributed by atoms with Gasteiger partial charge in [0.2, 0.25) is 0 Å². The first-order valence-electron chi connectivity index (χ1n) is 5.55. The van der Waals surface area contributed by atoms with Crippen LogP contribution in [0.5, 0.6) is 0 Å². The summed E-state index contributed by atoms with van der Waals surface area (Å²) < 4.78 is 0. The molecule has 2 heteroatoms. The van der Waals surface area contributed by atoms with Gasteiger partial charge in [-0.3, -0.25) is 0 Å². The van der Waals surface area contributed by atoms with Crippen molar-refractivity contribution < 1.29 is 10.2 Å². The van der Waals surface area contributed by atoms with Crippen LogP contribution in [0.15, 0.2) is 0 Å². The molecule has 1 saturated carbocycles. The second-order valence-corrected chi connectivity index (χ2v) is 6.15. The lowest BCUT2D eigenvalue weighted by atomic mass is 9.72. The predicted octanol–water partition coefficient (Wildman–Crippen LogP) is 2.19. The van der Waals surface area contributed by atoms with Crippen LogP contribution in [0.2, 0.25) is 0 Å². The van der Waals surface area contributed by atoms with Crippen LogP contribution in [0, 0.1) is 17.3 Å². The highest BCUT2D eigenvalue weighted by molar-refractivity contribution is 4.97. The van der Waals surface area contributed by atoms with Gasteiger partial charge >= 0.3 is 0 Å². The van der Waals surface area contributed by atoms with E-state index < -0.39 is 5.60 Å². The van der Waals surface area contributed by atoms with Crippen molar-refractivity contribution in [2.45, 2.75) is 59.2 Å². The lowest BCUT2D eigenvalue weighted by Crippen LogP contribution is -2.34. The molecule has 0 aromatic heterocycles. The quantitative estimate of drug-likeness (QED) is 0.717. The van der Waals surface area contributed by atoms with Crippen LogP contribution in [-0.2, 0) is 0 Å². The number of hydrogen-bond acceptors (Lipinski definition) is 2. The monoisotopic (exact) mass is 200 g/mol. The van der Waals surface area contributed by atoms with Crippen LogP contribution in [0.4, 0.5) is 0 Å². The first-order valence-corrected chi connectivity index (χ1v) is 5.55. The lowest BCUT2D eigenvalue weighted by Gasteiger charge is -2.35. The summed E-state index contributed by atoms with van der Waals surface area (Å²) in [5.41, 5.74) is -0.535. The Morgan fingerprint density at radius 2 is 1.86 bits per heavy atom. The van der Waals surface area contributed by atoms with Crippen molar-refractivity contribution in [3.05, 3.63) is 0 Å². The summed E-state index contributed by atoms with van der Waals surface area (Å²) in [7, 11) is 0. The van der Waals surface area contributed by atoms with E-state index in [0.29, 0.717) is 12.3 Å². The molecule has 0 heterocycles. The van der Waals surface area contributed by atoms with E-state index in [1.165, 1.54) is 0 Å². The Morgan fingerprint density at radius 1 is 1.36 bits per heavy atom. The van der Waals surface area contributed by atoms with Crippen molar-refractivity contribution in [1.82, 2.24) is 0 Å². The van der Waals surface area contributed by atoms with Gasteiger partial charge in [-0.05, 0) is 43.9 Å². The first kappa shape index (κ1) is 12.0. The zero-order valence-electron chi connectivity index (χ0n) is 10.0. The summed E-state index contributed by atoms with van der Waals surface area (Å²) in [6, 6.07) is 0. The average molecular weight is 200 g/mol. The molecule has 0 saturated heterocycles. The minimum atomic E-state index is -0.674. The zero-order chi connectivity index (χ0) is 11.1. The van der Waals surface area contributed by atoms with Crippen molar-refractivity contribution in [2.75, 3.05) is 0 Å². The number of aliphatic hydroxyl groups is 2. The SMILES string of the molecule is CC1CC(O)C(CC(C)(C)O)C1(C)C. The molecule has 2 N–H and O–H groups in total. The van der Waals surface area contributed by atoms with Gasteiger partial charge in [0.25, 0.3) is 0 Å². The molecule has 1 fully saturated rings. The fourth-order valence-corrected chi connectivity index (χ4v) is 2.63. The highest BCUT2D eigenvalue weighted by Gasteiger charge is 2.47. The third-order valence-electron chi connectivity index (χ3n) is 4.00. The van der Waals surface area contributed by atoms with E-state index in [1.54, 1.807) is 0 Å². The molecule has 0 spiro atoms. The molecule has 0 bridgehead atoms. The van der Waals surface area contributed by atoms with Gasteiger partial charge in [0.05, 0.1) is 11.7 Å². The maximum Gasteiger partial charge on any atom is 0.0595 e. The van der Waals surface area contributed by atoms with Gasteiger partial charge in [-0.25, -0.2) is 0 Å². The summed E-state index contributed by atoms with van der Waals surface area (Å²) in [5, 5.41) is 19.8. The maximum absolute atomic E-state index is 9.95. The lowest BCUT2D eigenvalue weighted by molar-refractivity contribution is -0.00472. The third-order valence-corrected chi connectivity index (χ3v) is 4.00. The molecule has 0 aliphatic heterocycles. The fourth-order valence-electron chi connectivity index (χ4n) is 2.63.